The number of ether oxygens (including phenoxy) is 1. The summed E-state index contributed by atoms with van der Waals surface area (Å²) in [5, 5.41) is 3.20. The molecule has 4 nitrogen and oxygen atoms in total. The Morgan fingerprint density at radius 1 is 1.53 bits per heavy atom. The summed E-state index contributed by atoms with van der Waals surface area (Å²) in [5.74, 6) is 0.175. The maximum absolute atomic E-state index is 12.1. The van der Waals surface area contributed by atoms with Crippen LogP contribution in [0.1, 0.15) is 26.2 Å². The Morgan fingerprint density at radius 3 is 2.80 bits per heavy atom. The monoisotopic (exact) mass is 212 g/mol. The number of morpholine rings is 1. The second kappa shape index (κ2) is 4.94. The van der Waals surface area contributed by atoms with Crippen molar-refractivity contribution in [3.63, 3.8) is 0 Å². The zero-order chi connectivity index (χ0) is 10.7. The highest BCUT2D eigenvalue weighted by Crippen LogP contribution is 2.25. The number of nitrogens with one attached hydrogen (secondary N) is 1. The van der Waals surface area contributed by atoms with E-state index in [0.29, 0.717) is 19.2 Å². The fourth-order valence-corrected chi connectivity index (χ4v) is 2.20. The molecule has 1 atom stereocenters. The molecule has 0 aromatic heterocycles. The lowest BCUT2D eigenvalue weighted by atomic mass is 9.91. The molecule has 1 saturated heterocycles. The van der Waals surface area contributed by atoms with Gasteiger partial charge in [0.25, 0.3) is 5.91 Å². The molecule has 2 fully saturated rings. The van der Waals surface area contributed by atoms with E-state index in [2.05, 4.69) is 5.32 Å². The fraction of sp³-hybridized carbons (Fsp3) is 0.909. The first-order valence-electron chi connectivity index (χ1n) is 5.95. The molecule has 2 rings (SSSR count). The Balaban J connectivity index is 1.90. The lowest BCUT2D eigenvalue weighted by Gasteiger charge is -2.39. The number of amides is 1. The zero-order valence-corrected chi connectivity index (χ0v) is 9.37. The largest absolute Gasteiger partial charge is 0.366 e. The summed E-state index contributed by atoms with van der Waals surface area (Å²) < 4.78 is 5.49. The zero-order valence-electron chi connectivity index (χ0n) is 9.37. The van der Waals surface area contributed by atoms with Crippen LogP contribution in [0.5, 0.6) is 0 Å². The summed E-state index contributed by atoms with van der Waals surface area (Å²) in [4.78, 5) is 14.1. The minimum absolute atomic E-state index is 0.175. The first-order chi connectivity index (χ1) is 7.33. The van der Waals surface area contributed by atoms with Crippen molar-refractivity contribution in [2.24, 2.45) is 0 Å². The van der Waals surface area contributed by atoms with E-state index in [0.717, 1.165) is 13.1 Å². The van der Waals surface area contributed by atoms with Gasteiger partial charge in [-0.15, -0.1) is 0 Å². The Kier molecular flexibility index (Phi) is 3.59. The van der Waals surface area contributed by atoms with Gasteiger partial charge in [0.15, 0.2) is 0 Å². The molecule has 1 heterocycles. The van der Waals surface area contributed by atoms with Crippen molar-refractivity contribution in [2.45, 2.75) is 38.3 Å². The van der Waals surface area contributed by atoms with Crippen molar-refractivity contribution in [3.8, 4) is 0 Å². The Bertz CT molecular complexity index is 223. The molecule has 1 amide bonds. The first-order valence-corrected chi connectivity index (χ1v) is 5.95. The number of hydrogen-bond donors (Lipinski definition) is 1. The number of nitrogens with zero attached hydrogens (tertiary/aromatic N) is 1. The van der Waals surface area contributed by atoms with Crippen molar-refractivity contribution in [1.29, 1.82) is 0 Å². The molecule has 0 spiro atoms. The van der Waals surface area contributed by atoms with Gasteiger partial charge in [0.05, 0.1) is 6.61 Å². The average Bonchev–Trinajstić information content (AvgIpc) is 2.23. The van der Waals surface area contributed by atoms with E-state index < -0.39 is 0 Å². The lowest BCUT2D eigenvalue weighted by Crippen LogP contribution is -2.53. The smallest absolute Gasteiger partial charge is 0.253 e. The average molecular weight is 212 g/mol. The van der Waals surface area contributed by atoms with Gasteiger partial charge in [0.1, 0.15) is 6.10 Å². The van der Waals surface area contributed by atoms with Crippen molar-refractivity contribution < 1.29 is 9.53 Å². The van der Waals surface area contributed by atoms with Gasteiger partial charge in [-0.05, 0) is 26.2 Å². The number of rotatable bonds is 3. The number of carbonyl (C=O) groups excluding carboxylic acids is 1. The van der Waals surface area contributed by atoms with Gasteiger partial charge in [-0.3, -0.25) is 4.79 Å². The van der Waals surface area contributed by atoms with Crippen LogP contribution in [-0.4, -0.2) is 49.2 Å². The van der Waals surface area contributed by atoms with Crippen LogP contribution < -0.4 is 5.32 Å². The molecule has 1 aliphatic carbocycles. The Hall–Kier alpha value is -0.610. The van der Waals surface area contributed by atoms with E-state index in [1.165, 1.54) is 19.3 Å². The van der Waals surface area contributed by atoms with Gasteiger partial charge in [0, 0.05) is 25.7 Å². The van der Waals surface area contributed by atoms with Crippen LogP contribution >= 0.6 is 0 Å². The topological polar surface area (TPSA) is 41.6 Å². The van der Waals surface area contributed by atoms with Gasteiger partial charge >= 0.3 is 0 Å². The summed E-state index contributed by atoms with van der Waals surface area (Å²) in [5.41, 5.74) is 0. The van der Waals surface area contributed by atoms with Gasteiger partial charge < -0.3 is 15.0 Å². The number of hydrogen-bond acceptors (Lipinski definition) is 3. The van der Waals surface area contributed by atoms with Crippen LogP contribution in [-0.2, 0) is 9.53 Å². The predicted octanol–water partition coefficient (Wildman–Crippen LogP) is 0.376. The summed E-state index contributed by atoms with van der Waals surface area (Å²) in [6, 6.07) is 0.480. The molecular weight excluding hydrogens is 192 g/mol. The van der Waals surface area contributed by atoms with Gasteiger partial charge in [0.2, 0.25) is 0 Å². The fourth-order valence-electron chi connectivity index (χ4n) is 2.20. The quantitative estimate of drug-likeness (QED) is 0.735. The maximum Gasteiger partial charge on any atom is 0.253 e. The third-order valence-electron chi connectivity index (χ3n) is 3.34. The van der Waals surface area contributed by atoms with E-state index in [1.54, 1.807) is 0 Å². The highest BCUT2D eigenvalue weighted by Gasteiger charge is 2.32. The minimum Gasteiger partial charge on any atom is -0.366 e. The number of carbonyl (C=O) groups is 1. The Morgan fingerprint density at radius 2 is 2.33 bits per heavy atom. The molecule has 0 radical (unpaired) electrons. The van der Waals surface area contributed by atoms with Crippen molar-refractivity contribution >= 4 is 5.91 Å². The van der Waals surface area contributed by atoms with Crippen LogP contribution in [0.2, 0.25) is 0 Å². The molecule has 1 saturated carbocycles. The summed E-state index contributed by atoms with van der Waals surface area (Å²) in [7, 11) is 0. The maximum atomic E-state index is 12.1. The molecular formula is C11H20N2O2. The lowest BCUT2D eigenvalue weighted by molar-refractivity contribution is -0.149. The Labute approximate surface area is 91.0 Å². The van der Waals surface area contributed by atoms with Crippen LogP contribution in [0, 0.1) is 0 Å². The summed E-state index contributed by atoms with van der Waals surface area (Å²) >= 11 is 0. The minimum atomic E-state index is -0.251. The third-order valence-corrected chi connectivity index (χ3v) is 3.34. The van der Waals surface area contributed by atoms with Crippen LogP contribution in [0.4, 0.5) is 0 Å². The molecule has 4 heteroatoms. The third kappa shape index (κ3) is 2.32. The van der Waals surface area contributed by atoms with E-state index in [-0.39, 0.29) is 12.0 Å². The molecule has 86 valence electrons. The summed E-state index contributed by atoms with van der Waals surface area (Å²) in [6.45, 7) is 5.04. The van der Waals surface area contributed by atoms with Gasteiger partial charge in [-0.2, -0.15) is 0 Å². The molecule has 0 aromatic carbocycles. The standard InChI is InChI=1S/C11H20N2O2/c1-2-13(9-4-3-5-9)11(14)10-8-12-6-7-15-10/h9-10,12H,2-8H2,1H3/t10-/m1/s1. The SMILES string of the molecule is CCN(C(=O)[C@H]1CNCCO1)C1CCC1. The van der Waals surface area contributed by atoms with Crippen LogP contribution in [0.25, 0.3) is 0 Å². The molecule has 0 bridgehead atoms. The summed E-state index contributed by atoms with van der Waals surface area (Å²) in [6.07, 6.45) is 3.34. The van der Waals surface area contributed by atoms with E-state index in [1.807, 2.05) is 11.8 Å². The number of likely N-dealkylation sites (N-methyl/N-ethyl adjacent to an activating group) is 1. The highest BCUT2D eigenvalue weighted by molar-refractivity contribution is 5.81. The second-order valence-corrected chi connectivity index (χ2v) is 4.27. The van der Waals surface area contributed by atoms with Gasteiger partial charge in [-0.25, -0.2) is 0 Å². The van der Waals surface area contributed by atoms with Gasteiger partial charge in [-0.1, -0.05) is 0 Å². The van der Waals surface area contributed by atoms with Crippen LogP contribution in [0.3, 0.4) is 0 Å². The van der Waals surface area contributed by atoms with E-state index in [9.17, 15) is 4.79 Å². The molecule has 15 heavy (non-hydrogen) atoms. The van der Waals surface area contributed by atoms with Crippen LogP contribution in [0.15, 0.2) is 0 Å². The molecule has 2 aliphatic rings. The van der Waals surface area contributed by atoms with E-state index in [4.69, 9.17) is 4.74 Å². The molecule has 0 unspecified atom stereocenters. The predicted molar refractivity (Wildman–Crippen MR) is 57.6 cm³/mol. The van der Waals surface area contributed by atoms with Crippen molar-refractivity contribution in [3.05, 3.63) is 0 Å². The van der Waals surface area contributed by atoms with E-state index >= 15 is 0 Å². The molecule has 1 aliphatic heterocycles. The normalized spacial score (nSPS) is 27.1. The first kappa shape index (κ1) is 10.9. The van der Waals surface area contributed by atoms with Crippen molar-refractivity contribution in [1.82, 2.24) is 10.2 Å². The molecule has 1 N–H and O–H groups in total. The molecule has 0 aromatic rings. The van der Waals surface area contributed by atoms with Crippen molar-refractivity contribution in [2.75, 3.05) is 26.2 Å². The second-order valence-electron chi connectivity index (χ2n) is 4.27. The highest BCUT2D eigenvalue weighted by atomic mass is 16.5.